The van der Waals surface area contributed by atoms with E-state index >= 15 is 0 Å². The van der Waals surface area contributed by atoms with E-state index in [1.54, 1.807) is 0 Å². The number of piperazine rings is 1. The Hall–Kier alpha value is -0.650. The van der Waals surface area contributed by atoms with Crippen LogP contribution in [0.15, 0.2) is 0 Å². The molecule has 2 fully saturated rings. The highest BCUT2D eigenvalue weighted by atomic mass is 16.1. The molecule has 0 bridgehead atoms. The van der Waals surface area contributed by atoms with Gasteiger partial charge in [-0.25, -0.2) is 0 Å². The Labute approximate surface area is 122 Å². The highest BCUT2D eigenvalue weighted by Gasteiger charge is 2.31. The van der Waals surface area contributed by atoms with Gasteiger partial charge in [0.25, 0.3) is 0 Å². The van der Waals surface area contributed by atoms with Crippen molar-refractivity contribution in [3.8, 4) is 0 Å². The molecule has 0 aromatic heterocycles. The van der Waals surface area contributed by atoms with Crippen molar-refractivity contribution >= 4 is 5.91 Å². The van der Waals surface area contributed by atoms with Crippen LogP contribution < -0.4 is 11.1 Å². The van der Waals surface area contributed by atoms with Crippen molar-refractivity contribution in [1.82, 2.24) is 15.1 Å². The zero-order valence-corrected chi connectivity index (χ0v) is 13.0. The predicted molar refractivity (Wildman–Crippen MR) is 81.4 cm³/mol. The van der Waals surface area contributed by atoms with Gasteiger partial charge in [0.15, 0.2) is 0 Å². The van der Waals surface area contributed by atoms with Crippen LogP contribution in [-0.4, -0.2) is 68.1 Å². The predicted octanol–water partition coefficient (Wildman–Crippen LogP) is 0.114. The van der Waals surface area contributed by atoms with Gasteiger partial charge in [-0.3, -0.25) is 9.69 Å². The van der Waals surface area contributed by atoms with Gasteiger partial charge in [-0.05, 0) is 32.2 Å². The maximum absolute atomic E-state index is 12.3. The average Bonchev–Trinajstić information content (AvgIpc) is 2.43. The fraction of sp³-hybridized carbons (Fsp3) is 0.933. The number of rotatable bonds is 4. The first-order valence-corrected chi connectivity index (χ1v) is 8.00. The molecule has 0 aromatic rings. The van der Waals surface area contributed by atoms with Gasteiger partial charge in [0.2, 0.25) is 5.91 Å². The van der Waals surface area contributed by atoms with Crippen molar-refractivity contribution in [2.75, 3.05) is 46.3 Å². The third kappa shape index (κ3) is 4.43. The number of nitrogens with zero attached hydrogens (tertiary/aromatic N) is 2. The second-order valence-corrected chi connectivity index (χ2v) is 6.59. The van der Waals surface area contributed by atoms with Gasteiger partial charge in [0.05, 0.1) is 0 Å². The Kier molecular flexibility index (Phi) is 5.81. The minimum absolute atomic E-state index is 0.117. The molecule has 0 aromatic carbocycles. The lowest BCUT2D eigenvalue weighted by Crippen LogP contribution is -2.48. The standard InChI is InChI=1S/C15H30N4O/c1-12-3-4-13(16)11-14(12)15(20)17-5-6-19-9-7-18(2)8-10-19/h12-14H,3-11,16H2,1-2H3,(H,17,20). The van der Waals surface area contributed by atoms with Gasteiger partial charge in [0, 0.05) is 51.2 Å². The minimum atomic E-state index is 0.117. The summed E-state index contributed by atoms with van der Waals surface area (Å²) in [4.78, 5) is 17.0. The number of carbonyl (C=O) groups excluding carboxylic acids is 1. The molecule has 0 spiro atoms. The van der Waals surface area contributed by atoms with Crippen molar-refractivity contribution in [2.24, 2.45) is 17.6 Å². The van der Waals surface area contributed by atoms with Crippen LogP contribution in [0.2, 0.25) is 0 Å². The summed E-state index contributed by atoms with van der Waals surface area (Å²) < 4.78 is 0. The first-order valence-electron chi connectivity index (χ1n) is 8.00. The number of hydrogen-bond donors (Lipinski definition) is 2. The Balaban J connectivity index is 1.67. The Morgan fingerprint density at radius 2 is 1.95 bits per heavy atom. The zero-order valence-electron chi connectivity index (χ0n) is 13.0. The van der Waals surface area contributed by atoms with Gasteiger partial charge in [0.1, 0.15) is 0 Å². The summed E-state index contributed by atoms with van der Waals surface area (Å²) >= 11 is 0. The molecule has 2 aliphatic rings. The summed E-state index contributed by atoms with van der Waals surface area (Å²) in [6.45, 7) is 8.38. The number of carbonyl (C=O) groups is 1. The quantitative estimate of drug-likeness (QED) is 0.768. The zero-order chi connectivity index (χ0) is 14.5. The van der Waals surface area contributed by atoms with Gasteiger partial charge >= 0.3 is 0 Å². The largest absolute Gasteiger partial charge is 0.355 e. The number of nitrogens with one attached hydrogen (secondary N) is 1. The van der Waals surface area contributed by atoms with Crippen LogP contribution >= 0.6 is 0 Å². The Morgan fingerprint density at radius 3 is 2.65 bits per heavy atom. The Morgan fingerprint density at radius 1 is 1.25 bits per heavy atom. The number of hydrogen-bond acceptors (Lipinski definition) is 4. The summed E-state index contributed by atoms with van der Waals surface area (Å²) in [6.07, 6.45) is 2.99. The molecule has 1 aliphatic carbocycles. The van der Waals surface area contributed by atoms with Gasteiger partial charge in [-0.1, -0.05) is 6.92 Å². The van der Waals surface area contributed by atoms with Crippen LogP contribution in [0.5, 0.6) is 0 Å². The maximum atomic E-state index is 12.3. The SMILES string of the molecule is CC1CCC(N)CC1C(=O)NCCN1CCN(C)CC1. The molecule has 3 atom stereocenters. The van der Waals surface area contributed by atoms with Crippen LogP contribution in [0.25, 0.3) is 0 Å². The van der Waals surface area contributed by atoms with E-state index in [4.69, 9.17) is 5.73 Å². The average molecular weight is 282 g/mol. The third-order valence-electron chi connectivity index (χ3n) is 4.90. The van der Waals surface area contributed by atoms with E-state index in [2.05, 4.69) is 29.1 Å². The molecule has 0 radical (unpaired) electrons. The fourth-order valence-corrected chi connectivity index (χ4v) is 3.26. The first-order chi connectivity index (χ1) is 9.56. The molecule has 1 aliphatic heterocycles. The lowest BCUT2D eigenvalue weighted by Gasteiger charge is -2.33. The van der Waals surface area contributed by atoms with Crippen LogP contribution in [0, 0.1) is 11.8 Å². The summed E-state index contributed by atoms with van der Waals surface area (Å²) in [7, 11) is 2.16. The molecule has 1 heterocycles. The lowest BCUT2D eigenvalue weighted by atomic mass is 9.78. The first kappa shape index (κ1) is 15.7. The van der Waals surface area contributed by atoms with Gasteiger partial charge in [-0.15, -0.1) is 0 Å². The van der Waals surface area contributed by atoms with E-state index in [1.165, 1.54) is 0 Å². The molecule has 2 rings (SSSR count). The number of nitrogens with two attached hydrogens (primary N) is 1. The monoisotopic (exact) mass is 282 g/mol. The van der Waals surface area contributed by atoms with E-state index in [9.17, 15) is 4.79 Å². The molecule has 1 saturated carbocycles. The lowest BCUT2D eigenvalue weighted by molar-refractivity contribution is -0.127. The minimum Gasteiger partial charge on any atom is -0.355 e. The fourth-order valence-electron chi connectivity index (χ4n) is 3.26. The summed E-state index contributed by atoms with van der Waals surface area (Å²) in [5, 5.41) is 3.11. The summed E-state index contributed by atoms with van der Waals surface area (Å²) in [5.41, 5.74) is 5.99. The molecule has 5 heteroatoms. The van der Waals surface area contributed by atoms with E-state index in [1.807, 2.05) is 0 Å². The molecule has 5 nitrogen and oxygen atoms in total. The molecule has 1 amide bonds. The summed E-state index contributed by atoms with van der Waals surface area (Å²) in [6, 6.07) is 0.208. The molecule has 1 saturated heterocycles. The van der Waals surface area contributed by atoms with E-state index in [0.717, 1.165) is 58.5 Å². The molecular weight excluding hydrogens is 252 g/mol. The van der Waals surface area contributed by atoms with Crippen LogP contribution in [0.3, 0.4) is 0 Å². The number of amides is 1. The van der Waals surface area contributed by atoms with Crippen LogP contribution in [-0.2, 0) is 4.79 Å². The van der Waals surface area contributed by atoms with E-state index < -0.39 is 0 Å². The molecular formula is C15H30N4O. The van der Waals surface area contributed by atoms with E-state index in [-0.39, 0.29) is 17.9 Å². The van der Waals surface area contributed by atoms with Crippen molar-refractivity contribution in [2.45, 2.75) is 32.2 Å². The maximum Gasteiger partial charge on any atom is 0.223 e. The van der Waals surface area contributed by atoms with Crippen molar-refractivity contribution < 1.29 is 4.79 Å². The van der Waals surface area contributed by atoms with Gasteiger partial charge in [-0.2, -0.15) is 0 Å². The van der Waals surface area contributed by atoms with Crippen molar-refractivity contribution in [3.05, 3.63) is 0 Å². The second-order valence-electron chi connectivity index (χ2n) is 6.59. The Bertz CT molecular complexity index is 315. The topological polar surface area (TPSA) is 61.6 Å². The third-order valence-corrected chi connectivity index (χ3v) is 4.90. The smallest absolute Gasteiger partial charge is 0.223 e. The highest BCUT2D eigenvalue weighted by molar-refractivity contribution is 5.79. The second kappa shape index (κ2) is 7.38. The molecule has 3 N–H and O–H groups in total. The van der Waals surface area contributed by atoms with Gasteiger partial charge < -0.3 is 16.0 Å². The molecule has 3 unspecified atom stereocenters. The molecule has 20 heavy (non-hydrogen) atoms. The van der Waals surface area contributed by atoms with Crippen molar-refractivity contribution in [1.29, 1.82) is 0 Å². The van der Waals surface area contributed by atoms with Crippen molar-refractivity contribution in [3.63, 3.8) is 0 Å². The van der Waals surface area contributed by atoms with E-state index in [0.29, 0.717) is 5.92 Å². The highest BCUT2D eigenvalue weighted by Crippen LogP contribution is 2.29. The van der Waals surface area contributed by atoms with Crippen LogP contribution in [0.4, 0.5) is 0 Å². The summed E-state index contributed by atoms with van der Waals surface area (Å²) in [5.74, 6) is 0.798. The normalized spacial score (nSPS) is 33.0. The molecule has 116 valence electrons. The number of likely N-dealkylation sites (N-methyl/N-ethyl adjacent to an activating group) is 1. The van der Waals surface area contributed by atoms with Crippen LogP contribution in [0.1, 0.15) is 26.2 Å².